The van der Waals surface area contributed by atoms with Crippen LogP contribution in [0.5, 0.6) is 0 Å². The first-order valence-corrected chi connectivity index (χ1v) is 10.7. The number of anilines is 1. The van der Waals surface area contributed by atoms with Gasteiger partial charge in [0.2, 0.25) is 0 Å². The number of nitrogens with zero attached hydrogens (tertiary/aromatic N) is 7. The normalized spacial score (nSPS) is 16.7. The smallest absolute Gasteiger partial charge is 0.270 e. The van der Waals surface area contributed by atoms with Crippen molar-refractivity contribution in [2.45, 2.75) is 26.3 Å². The van der Waals surface area contributed by atoms with Crippen LogP contribution in [-0.2, 0) is 13.5 Å². The minimum absolute atomic E-state index is 0.0761. The Morgan fingerprint density at radius 1 is 1.12 bits per heavy atom. The molecule has 0 aromatic carbocycles. The van der Waals surface area contributed by atoms with E-state index in [-0.39, 0.29) is 22.9 Å². The van der Waals surface area contributed by atoms with Crippen molar-refractivity contribution in [3.63, 3.8) is 0 Å². The summed E-state index contributed by atoms with van der Waals surface area (Å²) >= 11 is 0. The number of nitriles is 2. The van der Waals surface area contributed by atoms with E-state index in [4.69, 9.17) is 0 Å². The highest BCUT2D eigenvalue weighted by Gasteiger charge is 2.28. The molecule has 162 valence electrons. The highest BCUT2D eigenvalue weighted by atomic mass is 16.1. The number of aromatic nitrogens is 3. The van der Waals surface area contributed by atoms with Gasteiger partial charge in [0.15, 0.2) is 0 Å². The molecule has 3 aromatic rings. The van der Waals surface area contributed by atoms with E-state index in [0.29, 0.717) is 29.8 Å². The topological polar surface area (TPSA) is 102 Å². The van der Waals surface area contributed by atoms with E-state index in [2.05, 4.69) is 44.9 Å². The summed E-state index contributed by atoms with van der Waals surface area (Å²) in [6.45, 7) is 7.17. The Balaban J connectivity index is 1.63. The standard InChI is InChI=1S/C24H25N7O/c1-16-5-4-6-18(27-16)9-10-30-11-12-31(15-17(30)2)23-20(14-26)24(32)29(3)21-8-7-19(13-25)28-22(21)23/h4-8,17H,9-12,15H2,1-3H3/t17-/m1/s1. The average molecular weight is 428 g/mol. The van der Waals surface area contributed by atoms with E-state index in [9.17, 15) is 15.3 Å². The summed E-state index contributed by atoms with van der Waals surface area (Å²) in [7, 11) is 1.63. The minimum Gasteiger partial charge on any atom is -0.366 e. The van der Waals surface area contributed by atoms with E-state index < -0.39 is 0 Å². The lowest BCUT2D eigenvalue weighted by atomic mass is 10.1. The largest absolute Gasteiger partial charge is 0.366 e. The van der Waals surface area contributed by atoms with Crippen molar-refractivity contribution in [1.82, 2.24) is 19.4 Å². The molecule has 0 saturated carbocycles. The first-order valence-electron chi connectivity index (χ1n) is 10.7. The van der Waals surface area contributed by atoms with Gasteiger partial charge in [0, 0.05) is 57.1 Å². The maximum absolute atomic E-state index is 12.9. The number of fused-ring (bicyclic) bond motifs is 1. The second-order valence-electron chi connectivity index (χ2n) is 8.23. The molecule has 1 aliphatic heterocycles. The monoisotopic (exact) mass is 427 g/mol. The summed E-state index contributed by atoms with van der Waals surface area (Å²) in [5.41, 5.74) is 3.77. The van der Waals surface area contributed by atoms with Gasteiger partial charge in [0.25, 0.3) is 5.56 Å². The van der Waals surface area contributed by atoms with Gasteiger partial charge in [-0.1, -0.05) is 6.07 Å². The van der Waals surface area contributed by atoms with Gasteiger partial charge in [0.1, 0.15) is 28.9 Å². The molecule has 1 saturated heterocycles. The van der Waals surface area contributed by atoms with Gasteiger partial charge >= 0.3 is 0 Å². The van der Waals surface area contributed by atoms with E-state index >= 15 is 0 Å². The molecule has 1 fully saturated rings. The van der Waals surface area contributed by atoms with Gasteiger partial charge in [-0.15, -0.1) is 0 Å². The maximum Gasteiger partial charge on any atom is 0.270 e. The summed E-state index contributed by atoms with van der Waals surface area (Å²) in [4.78, 5) is 26.4. The van der Waals surface area contributed by atoms with Gasteiger partial charge in [-0.3, -0.25) is 14.7 Å². The summed E-state index contributed by atoms with van der Waals surface area (Å²) in [6.07, 6.45) is 0.872. The van der Waals surface area contributed by atoms with Crippen LogP contribution in [0.3, 0.4) is 0 Å². The van der Waals surface area contributed by atoms with E-state index in [1.807, 2.05) is 19.1 Å². The van der Waals surface area contributed by atoms with Crippen molar-refractivity contribution in [2.75, 3.05) is 31.1 Å². The molecule has 0 amide bonds. The maximum atomic E-state index is 12.9. The SMILES string of the molecule is Cc1cccc(CCN2CCN(c3c(C#N)c(=O)n(C)c4ccc(C#N)nc34)C[C@H]2C)n1. The van der Waals surface area contributed by atoms with Crippen LogP contribution in [0.15, 0.2) is 35.1 Å². The summed E-state index contributed by atoms with van der Waals surface area (Å²) in [5.74, 6) is 0. The lowest BCUT2D eigenvalue weighted by Crippen LogP contribution is -2.53. The number of hydrogen-bond acceptors (Lipinski definition) is 7. The summed E-state index contributed by atoms with van der Waals surface area (Å²) in [6, 6.07) is 13.8. The number of piperazine rings is 1. The van der Waals surface area contributed by atoms with E-state index in [1.54, 1.807) is 19.2 Å². The second-order valence-corrected chi connectivity index (χ2v) is 8.23. The van der Waals surface area contributed by atoms with Crippen molar-refractivity contribution in [1.29, 1.82) is 10.5 Å². The predicted octanol–water partition coefficient (Wildman–Crippen LogP) is 2.13. The molecule has 8 heteroatoms. The van der Waals surface area contributed by atoms with Crippen LogP contribution in [0.1, 0.15) is 29.6 Å². The Morgan fingerprint density at radius 2 is 1.94 bits per heavy atom. The summed E-state index contributed by atoms with van der Waals surface area (Å²) < 4.78 is 1.43. The highest BCUT2D eigenvalue weighted by Crippen LogP contribution is 2.29. The number of pyridine rings is 3. The first-order chi connectivity index (χ1) is 15.4. The Bertz CT molecular complexity index is 1310. The molecule has 0 radical (unpaired) electrons. The first kappa shape index (κ1) is 21.5. The molecular formula is C24H25N7O. The lowest BCUT2D eigenvalue weighted by Gasteiger charge is -2.41. The van der Waals surface area contributed by atoms with Crippen molar-refractivity contribution in [3.8, 4) is 12.1 Å². The van der Waals surface area contributed by atoms with Crippen LogP contribution in [0.2, 0.25) is 0 Å². The van der Waals surface area contributed by atoms with E-state index in [0.717, 1.165) is 30.9 Å². The third-order valence-electron chi connectivity index (χ3n) is 6.12. The fourth-order valence-electron chi connectivity index (χ4n) is 4.39. The van der Waals surface area contributed by atoms with E-state index in [1.165, 1.54) is 4.57 Å². The quantitative estimate of drug-likeness (QED) is 0.628. The third-order valence-corrected chi connectivity index (χ3v) is 6.12. The number of aryl methyl sites for hydroxylation is 2. The molecule has 4 heterocycles. The zero-order valence-electron chi connectivity index (χ0n) is 18.5. The molecule has 1 atom stereocenters. The Morgan fingerprint density at radius 3 is 2.62 bits per heavy atom. The molecule has 0 spiro atoms. The summed E-state index contributed by atoms with van der Waals surface area (Å²) in [5, 5.41) is 19.1. The zero-order valence-corrected chi connectivity index (χ0v) is 18.5. The predicted molar refractivity (Wildman–Crippen MR) is 122 cm³/mol. The van der Waals surface area contributed by atoms with Crippen molar-refractivity contribution >= 4 is 16.7 Å². The molecule has 8 nitrogen and oxygen atoms in total. The van der Waals surface area contributed by atoms with Gasteiger partial charge in [-0.05, 0) is 38.1 Å². The Hall–Kier alpha value is -3.75. The molecule has 3 aromatic heterocycles. The van der Waals surface area contributed by atoms with Crippen LogP contribution < -0.4 is 10.5 Å². The fraction of sp³-hybridized carbons (Fsp3) is 0.375. The van der Waals surface area contributed by atoms with Gasteiger partial charge in [0.05, 0.1) is 11.2 Å². The highest BCUT2D eigenvalue weighted by molar-refractivity contribution is 5.92. The number of rotatable bonds is 4. The van der Waals surface area contributed by atoms with Crippen molar-refractivity contribution in [3.05, 3.63) is 63.3 Å². The Kier molecular flexibility index (Phi) is 5.89. The van der Waals surface area contributed by atoms with Crippen LogP contribution in [0.25, 0.3) is 11.0 Å². The zero-order chi connectivity index (χ0) is 22.8. The third kappa shape index (κ3) is 3.93. The molecule has 0 aliphatic carbocycles. The minimum atomic E-state index is -0.345. The lowest BCUT2D eigenvalue weighted by molar-refractivity contribution is 0.191. The fourth-order valence-corrected chi connectivity index (χ4v) is 4.39. The van der Waals surface area contributed by atoms with Crippen molar-refractivity contribution in [2.24, 2.45) is 7.05 Å². The van der Waals surface area contributed by atoms with Gasteiger partial charge < -0.3 is 9.47 Å². The van der Waals surface area contributed by atoms with Gasteiger partial charge in [-0.2, -0.15) is 10.5 Å². The Labute approximate surface area is 187 Å². The van der Waals surface area contributed by atoms with Crippen LogP contribution in [0.4, 0.5) is 5.69 Å². The van der Waals surface area contributed by atoms with Gasteiger partial charge in [-0.25, -0.2) is 4.98 Å². The molecule has 0 N–H and O–H groups in total. The number of hydrogen-bond donors (Lipinski definition) is 0. The molecule has 1 aliphatic rings. The van der Waals surface area contributed by atoms with Crippen molar-refractivity contribution < 1.29 is 0 Å². The molecule has 4 rings (SSSR count). The van der Waals surface area contributed by atoms with Crippen LogP contribution in [-0.4, -0.2) is 51.7 Å². The molecule has 0 bridgehead atoms. The second kappa shape index (κ2) is 8.78. The van der Waals surface area contributed by atoms with Crippen LogP contribution >= 0.6 is 0 Å². The molecular weight excluding hydrogens is 402 g/mol. The average Bonchev–Trinajstić information content (AvgIpc) is 2.80. The molecule has 0 unspecified atom stereocenters. The molecule has 32 heavy (non-hydrogen) atoms. The van der Waals surface area contributed by atoms with Crippen LogP contribution in [0, 0.1) is 29.6 Å².